The Morgan fingerprint density at radius 3 is 2.75 bits per heavy atom. The highest BCUT2D eigenvalue weighted by Gasteiger charge is 2.13. The first kappa shape index (κ1) is 16.1. The molecule has 3 rings (SSSR count). The second-order valence-corrected chi connectivity index (χ2v) is 6.01. The molecule has 0 unspecified atom stereocenters. The number of nitrogens with zero attached hydrogens (tertiary/aromatic N) is 4. The lowest BCUT2D eigenvalue weighted by Crippen LogP contribution is -2.14. The first-order valence-electron chi connectivity index (χ1n) is 7.07. The zero-order valence-electron chi connectivity index (χ0n) is 13.1. The smallest absolute Gasteiger partial charge is 0.236 e. The van der Waals surface area contributed by atoms with Crippen molar-refractivity contribution in [3.8, 4) is 17.1 Å². The maximum absolute atomic E-state index is 11.9. The van der Waals surface area contributed by atoms with Crippen molar-refractivity contribution in [2.75, 3.05) is 11.1 Å². The van der Waals surface area contributed by atoms with Crippen molar-refractivity contribution in [2.24, 2.45) is 7.05 Å². The van der Waals surface area contributed by atoms with Gasteiger partial charge in [0.1, 0.15) is 11.5 Å². The maximum atomic E-state index is 11.9. The van der Waals surface area contributed by atoms with Crippen molar-refractivity contribution < 1.29 is 14.4 Å². The number of carbonyl (C=O) groups excluding carboxylic acids is 1. The molecule has 0 radical (unpaired) electrons. The van der Waals surface area contributed by atoms with Crippen molar-refractivity contribution in [3.63, 3.8) is 0 Å². The number of rotatable bonds is 5. The molecule has 0 fully saturated rings. The predicted octanol–water partition coefficient (Wildman–Crippen LogP) is 2.21. The van der Waals surface area contributed by atoms with Gasteiger partial charge in [0.2, 0.25) is 5.91 Å². The molecule has 0 aliphatic carbocycles. The molecule has 3 aromatic rings. The number of benzene rings is 1. The number of hydrogen-bond donors (Lipinski definition) is 2. The number of aromatic hydroxyl groups is 1. The SMILES string of the molecule is Cc1cc(NC(=O)CSc2nnc(-c3ccc(O)cc3)n2C)no1. The maximum Gasteiger partial charge on any atom is 0.236 e. The van der Waals surface area contributed by atoms with Gasteiger partial charge in [-0.2, -0.15) is 0 Å². The molecule has 0 atom stereocenters. The van der Waals surface area contributed by atoms with Crippen molar-refractivity contribution in [3.05, 3.63) is 36.1 Å². The molecule has 2 N–H and O–H groups in total. The van der Waals surface area contributed by atoms with Crippen LogP contribution < -0.4 is 5.32 Å². The topological polar surface area (TPSA) is 106 Å². The summed E-state index contributed by atoms with van der Waals surface area (Å²) in [5, 5.41) is 24.5. The molecule has 0 saturated heterocycles. The largest absolute Gasteiger partial charge is 0.508 e. The number of aromatic nitrogens is 4. The highest BCUT2D eigenvalue weighted by molar-refractivity contribution is 7.99. The molecule has 1 aromatic carbocycles. The van der Waals surface area contributed by atoms with Crippen LogP contribution in [0.15, 0.2) is 40.0 Å². The van der Waals surface area contributed by atoms with Crippen LogP contribution in [-0.2, 0) is 11.8 Å². The number of amides is 1. The number of thioether (sulfide) groups is 1. The number of hydrogen-bond acceptors (Lipinski definition) is 7. The fourth-order valence-electron chi connectivity index (χ4n) is 2.04. The average Bonchev–Trinajstić information content (AvgIpc) is 3.12. The highest BCUT2D eigenvalue weighted by Crippen LogP contribution is 2.24. The van der Waals surface area contributed by atoms with Crippen LogP contribution in [0.25, 0.3) is 11.4 Å². The van der Waals surface area contributed by atoms with Crippen LogP contribution in [0.3, 0.4) is 0 Å². The minimum Gasteiger partial charge on any atom is -0.508 e. The average molecular weight is 345 g/mol. The number of nitrogens with one attached hydrogen (secondary N) is 1. The second-order valence-electron chi connectivity index (χ2n) is 5.07. The summed E-state index contributed by atoms with van der Waals surface area (Å²) in [6, 6.07) is 8.34. The summed E-state index contributed by atoms with van der Waals surface area (Å²) in [5.41, 5.74) is 0.831. The van der Waals surface area contributed by atoms with E-state index >= 15 is 0 Å². The summed E-state index contributed by atoms with van der Waals surface area (Å²) < 4.78 is 6.69. The zero-order chi connectivity index (χ0) is 17.1. The summed E-state index contributed by atoms with van der Waals surface area (Å²) in [5.74, 6) is 1.83. The summed E-state index contributed by atoms with van der Waals surface area (Å²) in [4.78, 5) is 11.9. The van der Waals surface area contributed by atoms with Gasteiger partial charge in [-0.25, -0.2) is 0 Å². The monoisotopic (exact) mass is 345 g/mol. The van der Waals surface area contributed by atoms with Gasteiger partial charge in [-0.15, -0.1) is 10.2 Å². The fraction of sp³-hybridized carbons (Fsp3) is 0.200. The Kier molecular flexibility index (Phi) is 4.52. The Bertz CT molecular complexity index is 856. The molecule has 1 amide bonds. The van der Waals surface area contributed by atoms with Gasteiger partial charge in [-0.1, -0.05) is 16.9 Å². The Labute approximate surface area is 141 Å². The summed E-state index contributed by atoms with van der Waals surface area (Å²) in [6.45, 7) is 1.75. The quantitative estimate of drug-likeness (QED) is 0.683. The van der Waals surface area contributed by atoms with E-state index in [4.69, 9.17) is 4.52 Å². The minimum atomic E-state index is -0.206. The third-order valence-electron chi connectivity index (χ3n) is 3.19. The van der Waals surface area contributed by atoms with Crippen molar-refractivity contribution in [1.82, 2.24) is 19.9 Å². The van der Waals surface area contributed by atoms with Gasteiger partial charge < -0.3 is 19.5 Å². The number of anilines is 1. The molecule has 0 aliphatic rings. The van der Waals surface area contributed by atoms with E-state index in [0.717, 1.165) is 5.56 Å². The van der Waals surface area contributed by atoms with Gasteiger partial charge in [0.25, 0.3) is 0 Å². The highest BCUT2D eigenvalue weighted by atomic mass is 32.2. The summed E-state index contributed by atoms with van der Waals surface area (Å²) in [7, 11) is 1.82. The Balaban J connectivity index is 1.63. The molecule has 8 nitrogen and oxygen atoms in total. The van der Waals surface area contributed by atoms with E-state index in [2.05, 4.69) is 20.7 Å². The molecule has 124 valence electrons. The van der Waals surface area contributed by atoms with Crippen molar-refractivity contribution in [1.29, 1.82) is 0 Å². The van der Waals surface area contributed by atoms with Crippen LogP contribution in [0.1, 0.15) is 5.76 Å². The molecule has 0 spiro atoms. The van der Waals surface area contributed by atoms with Crippen molar-refractivity contribution in [2.45, 2.75) is 12.1 Å². The van der Waals surface area contributed by atoms with Gasteiger partial charge in [0, 0.05) is 18.7 Å². The van der Waals surface area contributed by atoms with Gasteiger partial charge in [0.15, 0.2) is 16.8 Å². The van der Waals surface area contributed by atoms with Crippen LogP contribution in [0.4, 0.5) is 5.82 Å². The Hall–Kier alpha value is -2.81. The first-order chi connectivity index (χ1) is 11.5. The molecule has 9 heteroatoms. The molecule has 2 aromatic heterocycles. The lowest BCUT2D eigenvalue weighted by molar-refractivity contribution is -0.113. The first-order valence-corrected chi connectivity index (χ1v) is 8.06. The summed E-state index contributed by atoms with van der Waals surface area (Å²) in [6.07, 6.45) is 0. The number of aryl methyl sites for hydroxylation is 1. The fourth-order valence-corrected chi connectivity index (χ4v) is 2.75. The van der Waals surface area contributed by atoms with Crippen LogP contribution in [-0.4, -0.2) is 36.7 Å². The van der Waals surface area contributed by atoms with Gasteiger partial charge in [-0.05, 0) is 31.2 Å². The predicted molar refractivity (Wildman–Crippen MR) is 88.7 cm³/mol. The third-order valence-corrected chi connectivity index (χ3v) is 4.21. The normalized spacial score (nSPS) is 10.8. The van der Waals surface area contributed by atoms with Gasteiger partial charge in [-0.3, -0.25) is 4.79 Å². The van der Waals surface area contributed by atoms with E-state index in [1.54, 1.807) is 41.8 Å². The Morgan fingerprint density at radius 1 is 1.33 bits per heavy atom. The minimum absolute atomic E-state index is 0.174. The molecular formula is C15H15N5O3S. The Morgan fingerprint density at radius 2 is 2.08 bits per heavy atom. The van der Waals surface area contributed by atoms with E-state index in [1.165, 1.54) is 11.8 Å². The molecule has 0 saturated carbocycles. The van der Waals surface area contributed by atoms with Gasteiger partial charge >= 0.3 is 0 Å². The molecule has 24 heavy (non-hydrogen) atoms. The van der Waals surface area contributed by atoms with Gasteiger partial charge in [0.05, 0.1) is 5.75 Å². The van der Waals surface area contributed by atoms with E-state index in [0.29, 0.717) is 22.6 Å². The van der Waals surface area contributed by atoms with E-state index < -0.39 is 0 Å². The zero-order valence-corrected chi connectivity index (χ0v) is 13.9. The molecule has 0 bridgehead atoms. The number of phenols is 1. The van der Waals surface area contributed by atoms with E-state index in [-0.39, 0.29) is 17.4 Å². The number of phenolic OH excluding ortho intramolecular Hbond substituents is 1. The lowest BCUT2D eigenvalue weighted by Gasteiger charge is -2.04. The third kappa shape index (κ3) is 3.57. The van der Waals surface area contributed by atoms with Crippen LogP contribution in [0.2, 0.25) is 0 Å². The standard InChI is InChI=1S/C15H15N5O3S/c1-9-7-12(19-23-9)16-13(22)8-24-15-18-17-14(20(15)2)10-3-5-11(21)6-4-10/h3-7,21H,8H2,1-2H3,(H,16,19,22). The lowest BCUT2D eigenvalue weighted by atomic mass is 10.2. The second kappa shape index (κ2) is 6.75. The molecule has 0 aliphatic heterocycles. The summed E-state index contributed by atoms with van der Waals surface area (Å²) >= 11 is 1.27. The number of carbonyl (C=O) groups is 1. The van der Waals surface area contributed by atoms with E-state index in [1.807, 2.05) is 7.05 Å². The van der Waals surface area contributed by atoms with Crippen LogP contribution in [0.5, 0.6) is 5.75 Å². The molecule has 2 heterocycles. The van der Waals surface area contributed by atoms with Crippen LogP contribution in [0, 0.1) is 6.92 Å². The molecular weight excluding hydrogens is 330 g/mol. The van der Waals surface area contributed by atoms with Crippen molar-refractivity contribution >= 4 is 23.5 Å². The van der Waals surface area contributed by atoms with E-state index in [9.17, 15) is 9.90 Å². The van der Waals surface area contributed by atoms with Crippen LogP contribution >= 0.6 is 11.8 Å².